The van der Waals surface area contributed by atoms with E-state index < -0.39 is 17.5 Å². The van der Waals surface area contributed by atoms with Crippen LogP contribution in [-0.2, 0) is 0 Å². The first-order chi connectivity index (χ1) is 10.2. The van der Waals surface area contributed by atoms with Crippen molar-refractivity contribution in [2.45, 2.75) is 0 Å². The molecule has 8 nitrogen and oxygen atoms in total. The summed E-state index contributed by atoms with van der Waals surface area (Å²) in [5, 5.41) is 10.3. The summed E-state index contributed by atoms with van der Waals surface area (Å²) in [4.78, 5) is 25.9. The average molecular weight is 292 g/mol. The van der Waals surface area contributed by atoms with Crippen molar-refractivity contribution in [3.05, 3.63) is 40.6 Å². The summed E-state index contributed by atoms with van der Waals surface area (Å²) in [5.41, 5.74) is -0.497. The molecule has 0 saturated carbocycles. The van der Waals surface area contributed by atoms with E-state index in [-0.39, 0.29) is 5.69 Å². The van der Waals surface area contributed by atoms with Gasteiger partial charge in [-0.1, -0.05) is 6.07 Å². The first-order valence-corrected chi connectivity index (χ1v) is 6.48. The monoisotopic (exact) mass is 292 g/mol. The van der Waals surface area contributed by atoms with Crippen molar-refractivity contribution in [3.63, 3.8) is 0 Å². The first kappa shape index (κ1) is 13.4. The highest BCUT2D eigenvalue weighted by Crippen LogP contribution is 2.05. The van der Waals surface area contributed by atoms with E-state index in [9.17, 15) is 14.0 Å². The summed E-state index contributed by atoms with van der Waals surface area (Å²) in [6.07, 6.45) is 0. The number of hydrogen-bond acceptors (Lipinski definition) is 5. The molecule has 0 bridgehead atoms. The second kappa shape index (κ2) is 5.44. The van der Waals surface area contributed by atoms with Crippen LogP contribution in [0.2, 0.25) is 0 Å². The van der Waals surface area contributed by atoms with Gasteiger partial charge in [-0.2, -0.15) is 4.68 Å². The Morgan fingerprint density at radius 1 is 1.24 bits per heavy atom. The number of tetrazole rings is 1. The summed E-state index contributed by atoms with van der Waals surface area (Å²) in [7, 11) is 0. The number of nitrogens with one attached hydrogen (secondary N) is 1. The van der Waals surface area contributed by atoms with E-state index in [1.807, 2.05) is 0 Å². The van der Waals surface area contributed by atoms with Crippen LogP contribution < -0.4 is 11.0 Å². The second-order valence-corrected chi connectivity index (χ2v) is 4.58. The Hall–Kier alpha value is -2.55. The third kappa shape index (κ3) is 2.55. The molecule has 0 unspecified atom stereocenters. The van der Waals surface area contributed by atoms with Crippen molar-refractivity contribution in [1.29, 1.82) is 0 Å². The summed E-state index contributed by atoms with van der Waals surface area (Å²) < 4.78 is 14.8. The van der Waals surface area contributed by atoms with Crippen molar-refractivity contribution < 1.29 is 9.18 Å². The highest BCUT2D eigenvalue weighted by Gasteiger charge is 2.22. The van der Waals surface area contributed by atoms with E-state index in [0.717, 1.165) is 10.7 Å². The molecule has 1 aromatic heterocycles. The van der Waals surface area contributed by atoms with E-state index in [1.54, 1.807) is 0 Å². The standard InChI is InChI=1S/C12H13FN6O2/c13-9-2-1-3-10(8-9)18-12(21)19(16-15-18)11(20)17-6-4-14-5-7-17/h1-3,8,14H,4-7H2. The molecule has 1 aliphatic heterocycles. The maximum atomic E-state index is 13.2. The fraction of sp³-hybridized carbons (Fsp3) is 0.333. The minimum Gasteiger partial charge on any atom is -0.320 e. The van der Waals surface area contributed by atoms with Gasteiger partial charge in [0.15, 0.2) is 0 Å². The van der Waals surface area contributed by atoms with Crippen molar-refractivity contribution in [1.82, 2.24) is 30.0 Å². The molecule has 1 amide bonds. The Bertz CT molecular complexity index is 719. The highest BCUT2D eigenvalue weighted by atomic mass is 19.1. The minimum absolute atomic E-state index is 0.222. The number of carbonyl (C=O) groups is 1. The lowest BCUT2D eigenvalue weighted by Gasteiger charge is -2.26. The molecular weight excluding hydrogens is 279 g/mol. The Morgan fingerprint density at radius 2 is 2.00 bits per heavy atom. The number of benzene rings is 1. The fourth-order valence-corrected chi connectivity index (χ4v) is 2.13. The van der Waals surface area contributed by atoms with Gasteiger partial charge in [-0.15, -0.1) is 4.68 Å². The molecule has 0 aliphatic carbocycles. The summed E-state index contributed by atoms with van der Waals surface area (Å²) in [6.45, 7) is 2.33. The molecule has 9 heteroatoms. The molecule has 2 aromatic rings. The van der Waals surface area contributed by atoms with Crippen LogP contribution in [0, 0.1) is 5.82 Å². The topological polar surface area (TPSA) is 85.1 Å². The van der Waals surface area contributed by atoms with Crippen molar-refractivity contribution in [3.8, 4) is 5.69 Å². The number of amides is 1. The molecule has 0 radical (unpaired) electrons. The zero-order valence-corrected chi connectivity index (χ0v) is 11.1. The van der Waals surface area contributed by atoms with Gasteiger partial charge in [0, 0.05) is 26.2 Å². The van der Waals surface area contributed by atoms with Gasteiger partial charge in [0.25, 0.3) is 0 Å². The molecular formula is C12H13FN6O2. The maximum Gasteiger partial charge on any atom is 0.377 e. The Morgan fingerprint density at radius 3 is 2.71 bits per heavy atom. The predicted octanol–water partition coefficient (Wildman–Crippen LogP) is -0.559. The van der Waals surface area contributed by atoms with Crippen molar-refractivity contribution in [2.75, 3.05) is 26.2 Å². The van der Waals surface area contributed by atoms with Crippen LogP contribution in [0.3, 0.4) is 0 Å². The molecule has 1 N–H and O–H groups in total. The van der Waals surface area contributed by atoms with Crippen LogP contribution in [-0.4, -0.2) is 56.9 Å². The van der Waals surface area contributed by atoms with Crippen LogP contribution in [0.4, 0.5) is 9.18 Å². The molecule has 2 heterocycles. The van der Waals surface area contributed by atoms with Crippen molar-refractivity contribution >= 4 is 6.03 Å². The Balaban J connectivity index is 1.92. The molecule has 3 rings (SSSR count). The van der Waals surface area contributed by atoms with Crippen molar-refractivity contribution in [2.24, 2.45) is 0 Å². The summed E-state index contributed by atoms with van der Waals surface area (Å²) in [6, 6.07) is 4.84. The van der Waals surface area contributed by atoms with E-state index in [2.05, 4.69) is 15.7 Å². The number of nitrogens with zero attached hydrogens (tertiary/aromatic N) is 5. The number of piperazine rings is 1. The van der Waals surface area contributed by atoms with Gasteiger partial charge in [-0.3, -0.25) is 0 Å². The SMILES string of the molecule is O=C(N1CCNCC1)n1nnn(-c2cccc(F)c2)c1=O. The molecule has 0 atom stereocenters. The minimum atomic E-state index is -0.718. The van der Waals surface area contributed by atoms with Gasteiger partial charge in [0.05, 0.1) is 5.69 Å². The van der Waals surface area contributed by atoms with Crippen LogP contribution in [0.5, 0.6) is 0 Å². The van der Waals surface area contributed by atoms with Gasteiger partial charge < -0.3 is 10.2 Å². The van der Waals surface area contributed by atoms with Crippen LogP contribution >= 0.6 is 0 Å². The van der Waals surface area contributed by atoms with Gasteiger partial charge in [-0.05, 0) is 28.6 Å². The van der Waals surface area contributed by atoms with Crippen LogP contribution in [0.1, 0.15) is 0 Å². The predicted molar refractivity (Wildman–Crippen MR) is 70.8 cm³/mol. The number of carbonyl (C=O) groups excluding carboxylic acids is 1. The first-order valence-electron chi connectivity index (χ1n) is 6.48. The fourth-order valence-electron chi connectivity index (χ4n) is 2.13. The van der Waals surface area contributed by atoms with Gasteiger partial charge in [-0.25, -0.2) is 14.0 Å². The van der Waals surface area contributed by atoms with Gasteiger partial charge in [0.1, 0.15) is 5.82 Å². The quantitative estimate of drug-likeness (QED) is 0.712. The van der Waals surface area contributed by atoms with E-state index in [1.165, 1.54) is 23.1 Å². The average Bonchev–Trinajstić information content (AvgIpc) is 2.89. The Kier molecular flexibility index (Phi) is 3.48. The smallest absolute Gasteiger partial charge is 0.320 e. The lowest BCUT2D eigenvalue weighted by Crippen LogP contribution is -2.50. The lowest BCUT2D eigenvalue weighted by molar-refractivity contribution is 0.187. The van der Waals surface area contributed by atoms with Crippen LogP contribution in [0.15, 0.2) is 29.1 Å². The second-order valence-electron chi connectivity index (χ2n) is 4.58. The summed E-state index contributed by atoms with van der Waals surface area (Å²) in [5.74, 6) is -0.498. The largest absolute Gasteiger partial charge is 0.377 e. The molecule has 0 spiro atoms. The molecule has 1 saturated heterocycles. The third-order valence-corrected chi connectivity index (χ3v) is 3.20. The van der Waals surface area contributed by atoms with Gasteiger partial charge in [0.2, 0.25) is 0 Å². The number of aromatic nitrogens is 4. The van der Waals surface area contributed by atoms with E-state index in [4.69, 9.17) is 0 Å². The number of halogens is 1. The van der Waals surface area contributed by atoms with E-state index >= 15 is 0 Å². The third-order valence-electron chi connectivity index (χ3n) is 3.20. The van der Waals surface area contributed by atoms with E-state index in [0.29, 0.717) is 30.9 Å². The highest BCUT2D eigenvalue weighted by molar-refractivity contribution is 5.75. The summed E-state index contributed by atoms with van der Waals surface area (Å²) >= 11 is 0. The van der Waals surface area contributed by atoms with Gasteiger partial charge >= 0.3 is 11.7 Å². The number of hydrogen-bond donors (Lipinski definition) is 1. The zero-order chi connectivity index (χ0) is 14.8. The molecule has 110 valence electrons. The lowest BCUT2D eigenvalue weighted by atomic mass is 10.3. The molecule has 1 aromatic carbocycles. The zero-order valence-electron chi connectivity index (χ0n) is 11.1. The normalized spacial score (nSPS) is 15.2. The molecule has 1 aliphatic rings. The Labute approximate surface area is 118 Å². The maximum absolute atomic E-state index is 13.2. The molecule has 21 heavy (non-hydrogen) atoms. The van der Waals surface area contributed by atoms with Crippen LogP contribution in [0.25, 0.3) is 5.69 Å². The number of rotatable bonds is 1. The molecule has 1 fully saturated rings.